The molecule has 0 fully saturated rings. The van der Waals surface area contributed by atoms with Gasteiger partial charge in [-0.2, -0.15) is 0 Å². The fourth-order valence-corrected chi connectivity index (χ4v) is 8.79. The number of ether oxygens (including phenoxy) is 1. The van der Waals surface area contributed by atoms with Gasteiger partial charge in [0.15, 0.2) is 0 Å². The van der Waals surface area contributed by atoms with Crippen LogP contribution in [0, 0.1) is 0 Å². The molecular formula is C61H113NO5. The maximum absolute atomic E-state index is 12.5. The van der Waals surface area contributed by atoms with Crippen LogP contribution in [-0.4, -0.2) is 47.4 Å². The number of esters is 1. The number of amides is 1. The average Bonchev–Trinajstić information content (AvgIpc) is 3.33. The highest BCUT2D eigenvalue weighted by Crippen LogP contribution is 2.16. The Hall–Kier alpha value is -2.18. The summed E-state index contributed by atoms with van der Waals surface area (Å²) in [5, 5.41) is 23.1. The van der Waals surface area contributed by atoms with Gasteiger partial charge in [0.25, 0.3) is 0 Å². The van der Waals surface area contributed by atoms with Crippen molar-refractivity contribution in [3.8, 4) is 0 Å². The minimum Gasteiger partial charge on any atom is -0.466 e. The van der Waals surface area contributed by atoms with Crippen LogP contribution in [0.1, 0.15) is 303 Å². The molecule has 3 N–H and O–H groups in total. The number of hydrogen-bond acceptors (Lipinski definition) is 5. The first-order chi connectivity index (χ1) is 33.0. The summed E-state index contributed by atoms with van der Waals surface area (Å²) in [4.78, 5) is 24.5. The molecule has 0 aromatic rings. The second-order valence-corrected chi connectivity index (χ2v) is 20.0. The number of carbonyl (C=O) groups excluding carboxylic acids is 2. The number of carbonyl (C=O) groups is 2. The van der Waals surface area contributed by atoms with Crippen LogP contribution in [0.15, 0.2) is 48.6 Å². The van der Waals surface area contributed by atoms with Crippen molar-refractivity contribution in [2.24, 2.45) is 0 Å². The Balaban J connectivity index is 3.56. The van der Waals surface area contributed by atoms with E-state index in [4.69, 9.17) is 4.74 Å². The Morgan fingerprint density at radius 3 is 1.19 bits per heavy atom. The zero-order valence-corrected chi connectivity index (χ0v) is 44.6. The number of nitrogens with one attached hydrogen (secondary N) is 1. The van der Waals surface area contributed by atoms with E-state index in [9.17, 15) is 19.8 Å². The summed E-state index contributed by atoms with van der Waals surface area (Å²) in [5.41, 5.74) is 0. The van der Waals surface area contributed by atoms with Crippen LogP contribution in [0.2, 0.25) is 0 Å². The van der Waals surface area contributed by atoms with Gasteiger partial charge in [-0.1, -0.05) is 255 Å². The minimum absolute atomic E-state index is 0.0452. The van der Waals surface area contributed by atoms with Gasteiger partial charge in [0.1, 0.15) is 0 Å². The van der Waals surface area contributed by atoms with Crippen LogP contribution in [0.25, 0.3) is 0 Å². The van der Waals surface area contributed by atoms with Gasteiger partial charge in [-0.05, 0) is 83.5 Å². The van der Waals surface area contributed by atoms with E-state index in [0.29, 0.717) is 19.4 Å². The van der Waals surface area contributed by atoms with Gasteiger partial charge in [0.2, 0.25) is 5.91 Å². The third kappa shape index (κ3) is 53.0. The SMILES string of the molecule is CCCCCC/C=C\C/C=C\CCCCCCCCCC(=O)OCCCCCC/C=C\CCCC(=O)NC(CO)C(O)/C=C/CCCCCCCCCCCCCCCCCCCCCCC. The Kier molecular flexibility index (Phi) is 54.6. The fourth-order valence-electron chi connectivity index (χ4n) is 8.79. The van der Waals surface area contributed by atoms with Crippen molar-refractivity contribution >= 4 is 11.9 Å². The van der Waals surface area contributed by atoms with E-state index >= 15 is 0 Å². The van der Waals surface area contributed by atoms with Crippen molar-refractivity contribution in [2.75, 3.05) is 13.2 Å². The zero-order valence-electron chi connectivity index (χ0n) is 44.6. The minimum atomic E-state index is -0.878. The van der Waals surface area contributed by atoms with Gasteiger partial charge in [0, 0.05) is 12.8 Å². The molecule has 0 radical (unpaired) electrons. The van der Waals surface area contributed by atoms with Crippen molar-refractivity contribution in [3.05, 3.63) is 48.6 Å². The van der Waals surface area contributed by atoms with Crippen molar-refractivity contribution < 1.29 is 24.5 Å². The number of allylic oxidation sites excluding steroid dienone is 7. The first-order valence-corrected chi connectivity index (χ1v) is 29.4. The smallest absolute Gasteiger partial charge is 0.305 e. The maximum atomic E-state index is 12.5. The lowest BCUT2D eigenvalue weighted by Gasteiger charge is -2.19. The standard InChI is InChI=1S/C61H113NO5/c1-3-5-7-9-11-13-15-17-19-21-23-24-25-26-27-28-30-32-34-37-41-45-49-53-59(64)58(57-63)62-60(65)54-50-46-42-38-36-40-44-48-52-56-67-61(66)55-51-47-43-39-35-33-31-29-22-20-18-16-14-12-10-8-6-4-2/h14,16,20,22,38,42,49,53,58-59,63-64H,3-13,15,17-19,21,23-37,39-41,43-48,50-52,54-57H2,1-2H3,(H,62,65)/b16-14-,22-20-,42-38-,53-49+. The van der Waals surface area contributed by atoms with E-state index in [0.717, 1.165) is 77.0 Å². The summed E-state index contributed by atoms with van der Waals surface area (Å²) in [6, 6.07) is -0.668. The Morgan fingerprint density at radius 2 is 0.761 bits per heavy atom. The molecule has 67 heavy (non-hydrogen) atoms. The van der Waals surface area contributed by atoms with E-state index in [1.54, 1.807) is 6.08 Å². The van der Waals surface area contributed by atoms with E-state index in [1.165, 1.54) is 199 Å². The Morgan fingerprint density at radius 1 is 0.418 bits per heavy atom. The summed E-state index contributed by atoms with van der Waals surface area (Å²) in [6.45, 7) is 4.80. The normalized spacial score (nSPS) is 13.0. The highest BCUT2D eigenvalue weighted by molar-refractivity contribution is 5.76. The van der Waals surface area contributed by atoms with Gasteiger partial charge in [0.05, 0.1) is 25.4 Å². The molecular weight excluding hydrogens is 827 g/mol. The predicted molar refractivity (Wildman–Crippen MR) is 292 cm³/mol. The highest BCUT2D eigenvalue weighted by Gasteiger charge is 2.18. The summed E-state index contributed by atoms with van der Waals surface area (Å²) >= 11 is 0. The molecule has 1 amide bonds. The number of unbranched alkanes of at least 4 members (excludes halogenated alkanes) is 37. The van der Waals surface area contributed by atoms with E-state index in [2.05, 4.69) is 55.6 Å². The molecule has 0 spiro atoms. The monoisotopic (exact) mass is 940 g/mol. The molecule has 392 valence electrons. The van der Waals surface area contributed by atoms with Crippen LogP contribution >= 0.6 is 0 Å². The second-order valence-electron chi connectivity index (χ2n) is 20.0. The lowest BCUT2D eigenvalue weighted by molar-refractivity contribution is -0.143. The lowest BCUT2D eigenvalue weighted by atomic mass is 10.0. The molecule has 6 nitrogen and oxygen atoms in total. The maximum Gasteiger partial charge on any atom is 0.305 e. The predicted octanol–water partition coefficient (Wildman–Crippen LogP) is 18.2. The summed E-state index contributed by atoms with van der Waals surface area (Å²) < 4.78 is 5.45. The third-order valence-corrected chi connectivity index (χ3v) is 13.3. The molecule has 0 bridgehead atoms. The molecule has 0 aliphatic heterocycles. The molecule has 2 unspecified atom stereocenters. The van der Waals surface area contributed by atoms with Crippen LogP contribution < -0.4 is 5.32 Å². The zero-order chi connectivity index (χ0) is 48.6. The molecule has 0 aromatic carbocycles. The van der Waals surface area contributed by atoms with Gasteiger partial charge >= 0.3 is 5.97 Å². The molecule has 0 rings (SSSR count). The van der Waals surface area contributed by atoms with Crippen LogP contribution in [-0.2, 0) is 14.3 Å². The first-order valence-electron chi connectivity index (χ1n) is 29.4. The van der Waals surface area contributed by atoms with Crippen molar-refractivity contribution in [1.29, 1.82) is 0 Å². The largest absolute Gasteiger partial charge is 0.466 e. The second kappa shape index (κ2) is 56.4. The van der Waals surface area contributed by atoms with Gasteiger partial charge in [-0.25, -0.2) is 0 Å². The first kappa shape index (κ1) is 64.8. The summed E-state index contributed by atoms with van der Waals surface area (Å²) in [6.07, 6.45) is 71.4. The lowest BCUT2D eigenvalue weighted by Crippen LogP contribution is -2.45. The number of aliphatic hydroxyl groups is 2. The molecule has 0 aromatic heterocycles. The summed E-state index contributed by atoms with van der Waals surface area (Å²) in [5.74, 6) is -0.173. The van der Waals surface area contributed by atoms with E-state index in [1.807, 2.05) is 6.08 Å². The number of hydrogen-bond donors (Lipinski definition) is 3. The highest BCUT2D eigenvalue weighted by atomic mass is 16.5. The summed E-state index contributed by atoms with van der Waals surface area (Å²) in [7, 11) is 0. The average molecular weight is 941 g/mol. The van der Waals surface area contributed by atoms with Crippen molar-refractivity contribution in [1.82, 2.24) is 5.32 Å². The molecule has 0 saturated heterocycles. The molecule has 0 aliphatic rings. The topological polar surface area (TPSA) is 95.9 Å². The molecule has 0 saturated carbocycles. The van der Waals surface area contributed by atoms with Crippen molar-refractivity contribution in [3.63, 3.8) is 0 Å². The van der Waals surface area contributed by atoms with Gasteiger partial charge in [-0.15, -0.1) is 0 Å². The van der Waals surface area contributed by atoms with E-state index < -0.39 is 12.1 Å². The fraction of sp³-hybridized carbons (Fsp3) is 0.836. The van der Waals surface area contributed by atoms with Gasteiger partial charge in [-0.3, -0.25) is 9.59 Å². The number of rotatable bonds is 54. The van der Waals surface area contributed by atoms with Crippen LogP contribution in [0.3, 0.4) is 0 Å². The third-order valence-electron chi connectivity index (χ3n) is 13.3. The Labute approximate surface area is 416 Å². The molecule has 0 heterocycles. The molecule has 2 atom stereocenters. The molecule has 6 heteroatoms. The Bertz CT molecular complexity index is 1130. The quantitative estimate of drug-likeness (QED) is 0.0321. The number of aliphatic hydroxyl groups excluding tert-OH is 2. The molecule has 0 aliphatic carbocycles. The van der Waals surface area contributed by atoms with E-state index in [-0.39, 0.29) is 18.5 Å². The van der Waals surface area contributed by atoms with Gasteiger partial charge < -0.3 is 20.3 Å². The van der Waals surface area contributed by atoms with Crippen LogP contribution in [0.5, 0.6) is 0 Å². The van der Waals surface area contributed by atoms with Crippen molar-refractivity contribution in [2.45, 2.75) is 315 Å². The van der Waals surface area contributed by atoms with Crippen LogP contribution in [0.4, 0.5) is 0 Å².